The molecule has 0 radical (unpaired) electrons. The molecule has 5 heteroatoms. The van der Waals surface area contributed by atoms with Gasteiger partial charge in [-0.2, -0.15) is 0 Å². The van der Waals surface area contributed by atoms with E-state index < -0.39 is 0 Å². The number of hydrogen-bond acceptors (Lipinski definition) is 0. The number of aromatic nitrogens is 4. The second-order valence-electron chi connectivity index (χ2n) is 10.6. The predicted octanol–water partition coefficient (Wildman–Crippen LogP) is 5.24. The number of nitrogens with one attached hydrogen (secondary N) is 4. The maximum Gasteiger partial charge on any atom is 1.00 e. The van der Waals surface area contributed by atoms with Crippen molar-refractivity contribution in [3.8, 4) is 0 Å². The van der Waals surface area contributed by atoms with Gasteiger partial charge in [-0.05, 0) is 24.3 Å². The van der Waals surface area contributed by atoms with Crippen molar-refractivity contribution in [3.05, 3.63) is 141 Å². The fourth-order valence-electron chi connectivity index (χ4n) is 6.42. The Morgan fingerprint density at radius 1 is 0.268 bits per heavy atom. The molecule has 5 heterocycles. The van der Waals surface area contributed by atoms with Crippen LogP contribution in [0.5, 0.6) is 0 Å². The fraction of sp³-hybridized carbons (Fsp3) is 0. The summed E-state index contributed by atoms with van der Waals surface area (Å²) in [5.74, 6) is 0. The summed E-state index contributed by atoms with van der Waals surface area (Å²) in [5.41, 5.74) is 4.34. The molecular formula is C36H24CuN4+. The molecule has 4 nitrogen and oxygen atoms in total. The van der Waals surface area contributed by atoms with Crippen LogP contribution in [0.3, 0.4) is 0 Å². The minimum absolute atomic E-state index is 0. The van der Waals surface area contributed by atoms with Crippen molar-refractivity contribution in [1.29, 1.82) is 0 Å². The number of H-pyrrole nitrogens is 4. The maximum absolute atomic E-state index is 3.75. The summed E-state index contributed by atoms with van der Waals surface area (Å²) in [7, 11) is 0. The Morgan fingerprint density at radius 3 is 0.732 bits per heavy atom. The van der Waals surface area contributed by atoms with Crippen molar-refractivity contribution >= 4 is 67.4 Å². The van der Waals surface area contributed by atoms with Crippen LogP contribution in [0.15, 0.2) is 97.1 Å². The van der Waals surface area contributed by atoms with E-state index in [0.29, 0.717) is 0 Å². The smallest absolute Gasteiger partial charge is 0.354 e. The zero-order valence-corrected chi connectivity index (χ0v) is 22.8. The molecule has 0 fully saturated rings. The van der Waals surface area contributed by atoms with E-state index in [9.17, 15) is 0 Å². The number of fused-ring (bicyclic) bond motifs is 20. The molecule has 9 rings (SSSR count). The van der Waals surface area contributed by atoms with E-state index in [-0.39, 0.29) is 17.1 Å². The molecule has 0 atom stereocenters. The third-order valence-electron chi connectivity index (χ3n) is 8.26. The largest absolute Gasteiger partial charge is 1.00 e. The number of hydrogen-bond donors (Lipinski definition) is 4. The molecule has 0 aliphatic carbocycles. The maximum atomic E-state index is 3.75. The summed E-state index contributed by atoms with van der Waals surface area (Å²) in [6.45, 7) is 0. The molecule has 198 valence electrons. The summed E-state index contributed by atoms with van der Waals surface area (Å²) >= 11 is 0. The summed E-state index contributed by atoms with van der Waals surface area (Å²) < 4.78 is 0. The van der Waals surface area contributed by atoms with Gasteiger partial charge in [0, 0.05) is 87.3 Å². The fourth-order valence-corrected chi connectivity index (χ4v) is 6.42. The van der Waals surface area contributed by atoms with Gasteiger partial charge < -0.3 is 19.9 Å². The molecule has 41 heavy (non-hydrogen) atoms. The van der Waals surface area contributed by atoms with E-state index >= 15 is 0 Å². The number of rotatable bonds is 0. The quantitative estimate of drug-likeness (QED) is 0.179. The zero-order chi connectivity index (χ0) is 26.2. The van der Waals surface area contributed by atoms with Gasteiger partial charge in [-0.3, -0.25) is 0 Å². The van der Waals surface area contributed by atoms with Crippen molar-refractivity contribution in [2.24, 2.45) is 0 Å². The van der Waals surface area contributed by atoms with E-state index in [0.717, 1.165) is 44.2 Å². The minimum Gasteiger partial charge on any atom is -0.354 e. The van der Waals surface area contributed by atoms with Crippen LogP contribution in [0.25, 0.3) is 67.4 Å². The van der Waals surface area contributed by atoms with Crippen LogP contribution in [0.1, 0.15) is 22.8 Å². The molecule has 4 N–H and O–H groups in total. The average molecular weight is 576 g/mol. The van der Waals surface area contributed by atoms with E-state index in [1.54, 1.807) is 0 Å². The molecule has 0 spiro atoms. The minimum atomic E-state index is 0. The second-order valence-corrected chi connectivity index (χ2v) is 10.6. The van der Waals surface area contributed by atoms with Crippen LogP contribution < -0.4 is 21.4 Å². The van der Waals surface area contributed by atoms with E-state index in [4.69, 9.17) is 0 Å². The monoisotopic (exact) mass is 575 g/mol. The van der Waals surface area contributed by atoms with Crippen molar-refractivity contribution in [2.45, 2.75) is 0 Å². The van der Waals surface area contributed by atoms with Gasteiger partial charge in [-0.1, -0.05) is 97.1 Å². The van der Waals surface area contributed by atoms with Gasteiger partial charge in [-0.25, -0.2) is 0 Å². The van der Waals surface area contributed by atoms with Gasteiger partial charge in [0.2, 0.25) is 0 Å². The molecule has 8 aromatic rings. The second kappa shape index (κ2) is 9.03. The molecular weight excluding hydrogens is 552 g/mol. The molecule has 0 unspecified atom stereocenters. The Labute approximate surface area is 244 Å². The molecule has 0 saturated heterocycles. The summed E-state index contributed by atoms with van der Waals surface area (Å²) in [6, 6.07) is 34.4. The van der Waals surface area contributed by atoms with E-state index in [2.05, 4.69) is 141 Å². The first-order valence-corrected chi connectivity index (χ1v) is 13.6. The standard InChI is InChI=1S/C36H24N4.Cu/c1-2-10-22-21(9-1)29-17-31-23-11-3-4-12-24(23)33(38-31)19-35-27-15-7-8-16-28(27)36(40-35)20-34-26-14-6-5-13-25(26)32(39-34)18-30(22)37-29;/h1-20,37-40H;/q;+1. The van der Waals surface area contributed by atoms with Crippen LogP contribution in [0.2, 0.25) is 0 Å². The average Bonchev–Trinajstić information content (AvgIpc) is 3.73. The topological polar surface area (TPSA) is 63.2 Å². The third kappa shape index (κ3) is 3.60. The molecule has 8 bridgehead atoms. The van der Waals surface area contributed by atoms with Crippen LogP contribution in [0, 0.1) is 0 Å². The zero-order valence-electron chi connectivity index (χ0n) is 21.8. The van der Waals surface area contributed by atoms with E-state index in [1.807, 2.05) is 0 Å². The third-order valence-corrected chi connectivity index (χ3v) is 8.26. The first-order valence-electron chi connectivity index (χ1n) is 13.6. The molecule has 4 aromatic heterocycles. The van der Waals surface area contributed by atoms with Gasteiger partial charge in [-0.15, -0.1) is 0 Å². The molecule has 1 aliphatic rings. The van der Waals surface area contributed by atoms with Gasteiger partial charge >= 0.3 is 17.1 Å². The first-order chi connectivity index (χ1) is 19.8. The van der Waals surface area contributed by atoms with E-state index in [1.165, 1.54) is 43.1 Å². The van der Waals surface area contributed by atoms with Crippen molar-refractivity contribution in [3.63, 3.8) is 0 Å². The summed E-state index contributed by atoms with van der Waals surface area (Å²) in [6.07, 6.45) is 8.98. The summed E-state index contributed by atoms with van der Waals surface area (Å²) in [4.78, 5) is 15.0. The Hall–Kier alpha value is -4.96. The number of aromatic amines is 4. The van der Waals surface area contributed by atoms with Crippen molar-refractivity contribution in [2.75, 3.05) is 0 Å². The predicted molar refractivity (Wildman–Crippen MR) is 166 cm³/mol. The SMILES string of the molecule is C1=c2[nH]c(c3ccccc23)=Cc2[nH]c(c3ccccc23)C=c2[nH]c(c3ccccc23)=Cc2[nH]c1c1ccccc21.[Cu+]. The Kier molecular flexibility index (Phi) is 5.26. The Balaban J connectivity index is 0.00000256. The molecule has 0 amide bonds. The molecule has 0 saturated carbocycles. The molecule has 4 aromatic carbocycles. The normalized spacial score (nSPS) is 12.5. The van der Waals surface area contributed by atoms with Crippen molar-refractivity contribution in [1.82, 2.24) is 19.9 Å². The summed E-state index contributed by atoms with van der Waals surface area (Å²) in [5, 5.41) is 13.9. The van der Waals surface area contributed by atoms with Crippen LogP contribution in [-0.4, -0.2) is 19.9 Å². The van der Waals surface area contributed by atoms with Crippen LogP contribution >= 0.6 is 0 Å². The van der Waals surface area contributed by atoms with Gasteiger partial charge in [0.05, 0.1) is 0 Å². The van der Waals surface area contributed by atoms with Crippen LogP contribution in [0.4, 0.5) is 0 Å². The Bertz CT molecular complexity index is 2210. The van der Waals surface area contributed by atoms with Crippen molar-refractivity contribution < 1.29 is 17.1 Å². The number of benzene rings is 4. The Morgan fingerprint density at radius 2 is 0.488 bits per heavy atom. The van der Waals surface area contributed by atoms with Gasteiger partial charge in [0.1, 0.15) is 0 Å². The molecule has 1 aliphatic heterocycles. The van der Waals surface area contributed by atoms with Gasteiger partial charge in [0.15, 0.2) is 0 Å². The van der Waals surface area contributed by atoms with Crippen LogP contribution in [-0.2, 0) is 17.1 Å². The first kappa shape index (κ1) is 23.9. The van der Waals surface area contributed by atoms with Gasteiger partial charge in [0.25, 0.3) is 0 Å².